The Labute approximate surface area is 211 Å². The molecule has 186 valence electrons. The van der Waals surface area contributed by atoms with E-state index < -0.39 is 5.97 Å². The zero-order chi connectivity index (χ0) is 25.5. The van der Waals surface area contributed by atoms with E-state index in [-0.39, 0.29) is 23.8 Å². The van der Waals surface area contributed by atoms with Gasteiger partial charge in [0.05, 0.1) is 25.1 Å². The summed E-state index contributed by atoms with van der Waals surface area (Å²) in [5.74, 6) is 0.00185. The van der Waals surface area contributed by atoms with Gasteiger partial charge in [-0.25, -0.2) is 9.48 Å². The second-order valence-corrected chi connectivity index (χ2v) is 8.71. The Balaban J connectivity index is 1.40. The fourth-order valence-electron chi connectivity index (χ4n) is 4.82. The number of rotatable bonds is 5. The molecule has 0 N–H and O–H groups in total. The van der Waals surface area contributed by atoms with Crippen LogP contribution in [0.3, 0.4) is 0 Å². The van der Waals surface area contributed by atoms with Crippen LogP contribution in [-0.2, 0) is 17.6 Å². The first-order valence-electron chi connectivity index (χ1n) is 12.0. The van der Waals surface area contributed by atoms with Gasteiger partial charge in [0.1, 0.15) is 11.4 Å². The standard InChI is InChI=1S/C27H23N5O5/c1-2-36-27(35)24-21-9-12-31(19-5-3-18(4-6-19)30-13-11-28-16-23(30)33)26(34)25(21)32(29-24)20-7-8-22-17(15-20)10-14-37-22/h3-8,11,13,15-16H,2,9-10,12,14H2,1H3. The zero-order valence-electron chi connectivity index (χ0n) is 20.1. The highest BCUT2D eigenvalue weighted by Crippen LogP contribution is 2.32. The summed E-state index contributed by atoms with van der Waals surface area (Å²) in [6, 6.07) is 12.8. The van der Waals surface area contributed by atoms with Gasteiger partial charge in [-0.15, -0.1) is 0 Å². The first-order valence-corrected chi connectivity index (χ1v) is 12.0. The third-order valence-corrected chi connectivity index (χ3v) is 6.57. The summed E-state index contributed by atoms with van der Waals surface area (Å²) in [7, 11) is 0. The number of aromatic nitrogens is 4. The number of carbonyl (C=O) groups excluding carboxylic acids is 2. The van der Waals surface area contributed by atoms with E-state index in [4.69, 9.17) is 9.47 Å². The van der Waals surface area contributed by atoms with Gasteiger partial charge in [0.2, 0.25) is 0 Å². The number of anilines is 1. The molecule has 10 heteroatoms. The molecule has 2 aromatic carbocycles. The van der Waals surface area contributed by atoms with E-state index >= 15 is 0 Å². The van der Waals surface area contributed by atoms with Crippen molar-refractivity contribution in [3.05, 3.63) is 93.9 Å². The molecule has 6 rings (SSSR count). The largest absolute Gasteiger partial charge is 0.493 e. The minimum atomic E-state index is -0.546. The Bertz CT molecular complexity index is 1590. The van der Waals surface area contributed by atoms with Crippen LogP contribution in [0.25, 0.3) is 11.4 Å². The van der Waals surface area contributed by atoms with Crippen molar-refractivity contribution >= 4 is 17.6 Å². The van der Waals surface area contributed by atoms with Gasteiger partial charge in [0, 0.05) is 42.3 Å². The van der Waals surface area contributed by atoms with Crippen LogP contribution in [0.1, 0.15) is 39.0 Å². The van der Waals surface area contributed by atoms with Gasteiger partial charge in [0.25, 0.3) is 11.5 Å². The minimum absolute atomic E-state index is 0.161. The summed E-state index contributed by atoms with van der Waals surface area (Å²) in [5, 5.41) is 4.56. The molecule has 0 spiro atoms. The van der Waals surface area contributed by atoms with E-state index in [0.717, 1.165) is 17.7 Å². The molecule has 0 fully saturated rings. The van der Waals surface area contributed by atoms with E-state index in [1.54, 1.807) is 53.2 Å². The van der Waals surface area contributed by atoms with Crippen LogP contribution >= 0.6 is 0 Å². The summed E-state index contributed by atoms with van der Waals surface area (Å²) >= 11 is 0. The van der Waals surface area contributed by atoms with Crippen LogP contribution in [0.4, 0.5) is 5.69 Å². The first kappa shape index (κ1) is 22.7. The predicted octanol–water partition coefficient (Wildman–Crippen LogP) is 2.73. The fraction of sp³-hybridized carbons (Fsp3) is 0.222. The number of amides is 1. The van der Waals surface area contributed by atoms with Crippen LogP contribution in [0.5, 0.6) is 5.75 Å². The molecular formula is C27H23N5O5. The number of carbonyl (C=O) groups is 2. The lowest BCUT2D eigenvalue weighted by Gasteiger charge is -2.28. The highest BCUT2D eigenvalue weighted by Gasteiger charge is 2.35. The molecule has 37 heavy (non-hydrogen) atoms. The van der Waals surface area contributed by atoms with Gasteiger partial charge in [0.15, 0.2) is 5.69 Å². The number of hydrogen-bond acceptors (Lipinski definition) is 7. The van der Waals surface area contributed by atoms with E-state index in [2.05, 4.69) is 10.1 Å². The molecule has 0 saturated carbocycles. The van der Waals surface area contributed by atoms with Crippen molar-refractivity contribution < 1.29 is 19.1 Å². The second kappa shape index (κ2) is 9.05. The smallest absolute Gasteiger partial charge is 0.359 e. The van der Waals surface area contributed by atoms with Crippen molar-refractivity contribution in [2.45, 2.75) is 19.8 Å². The number of benzene rings is 2. The van der Waals surface area contributed by atoms with Crippen molar-refractivity contribution in [3.8, 4) is 17.1 Å². The third kappa shape index (κ3) is 3.86. The monoisotopic (exact) mass is 497 g/mol. The first-order chi connectivity index (χ1) is 18.0. The van der Waals surface area contributed by atoms with Gasteiger partial charge in [-0.1, -0.05) is 0 Å². The number of ether oxygens (including phenoxy) is 2. The SMILES string of the molecule is CCOC(=O)c1nn(-c2ccc3c(c2)CCO3)c2c1CCN(c1ccc(-n3ccncc3=O)cc1)C2=O. The lowest BCUT2D eigenvalue weighted by molar-refractivity contribution is 0.0517. The molecule has 0 atom stereocenters. The molecule has 10 nitrogen and oxygen atoms in total. The Kier molecular flexibility index (Phi) is 5.56. The average Bonchev–Trinajstić information content (AvgIpc) is 3.54. The minimum Gasteiger partial charge on any atom is -0.493 e. The Hall–Kier alpha value is -4.73. The van der Waals surface area contributed by atoms with Crippen LogP contribution in [0.2, 0.25) is 0 Å². The van der Waals surface area contributed by atoms with Crippen LogP contribution in [-0.4, -0.2) is 51.0 Å². The lowest BCUT2D eigenvalue weighted by atomic mass is 10.0. The second-order valence-electron chi connectivity index (χ2n) is 8.71. The quantitative estimate of drug-likeness (QED) is 0.390. The Morgan fingerprint density at radius 1 is 1.05 bits per heavy atom. The third-order valence-electron chi connectivity index (χ3n) is 6.57. The average molecular weight is 498 g/mol. The molecule has 4 heterocycles. The number of esters is 1. The number of nitrogens with zero attached hydrogens (tertiary/aromatic N) is 5. The van der Waals surface area contributed by atoms with Gasteiger partial charge < -0.3 is 14.4 Å². The van der Waals surface area contributed by atoms with Crippen molar-refractivity contribution in [1.82, 2.24) is 19.3 Å². The highest BCUT2D eigenvalue weighted by atomic mass is 16.5. The predicted molar refractivity (Wildman–Crippen MR) is 134 cm³/mol. The molecule has 2 aromatic heterocycles. The molecule has 0 aliphatic carbocycles. The molecule has 2 aliphatic heterocycles. The van der Waals surface area contributed by atoms with E-state index in [0.29, 0.717) is 47.9 Å². The lowest BCUT2D eigenvalue weighted by Crippen LogP contribution is -2.39. The van der Waals surface area contributed by atoms with Crippen molar-refractivity contribution in [1.29, 1.82) is 0 Å². The summed E-state index contributed by atoms with van der Waals surface area (Å²) in [4.78, 5) is 44.2. The normalized spacial score (nSPS) is 14.2. The number of fused-ring (bicyclic) bond motifs is 2. The maximum absolute atomic E-state index is 13.9. The number of hydrogen-bond donors (Lipinski definition) is 0. The van der Waals surface area contributed by atoms with Crippen molar-refractivity contribution in [2.75, 3.05) is 24.7 Å². The van der Waals surface area contributed by atoms with Crippen molar-refractivity contribution in [2.24, 2.45) is 0 Å². The summed E-state index contributed by atoms with van der Waals surface area (Å²) < 4.78 is 13.9. The molecule has 0 radical (unpaired) electrons. The van der Waals surface area contributed by atoms with Gasteiger partial charge >= 0.3 is 5.97 Å². The van der Waals surface area contributed by atoms with E-state index in [9.17, 15) is 14.4 Å². The van der Waals surface area contributed by atoms with Crippen LogP contribution in [0, 0.1) is 0 Å². The topological polar surface area (TPSA) is 109 Å². The van der Waals surface area contributed by atoms with Crippen LogP contribution in [0.15, 0.2) is 65.8 Å². The van der Waals surface area contributed by atoms with E-state index in [1.165, 1.54) is 10.8 Å². The van der Waals surface area contributed by atoms with Gasteiger partial charge in [-0.2, -0.15) is 5.10 Å². The van der Waals surface area contributed by atoms with Gasteiger partial charge in [-0.3, -0.25) is 19.1 Å². The molecule has 0 bridgehead atoms. The Morgan fingerprint density at radius 2 is 1.84 bits per heavy atom. The van der Waals surface area contributed by atoms with Crippen molar-refractivity contribution in [3.63, 3.8) is 0 Å². The maximum atomic E-state index is 13.9. The maximum Gasteiger partial charge on any atom is 0.359 e. The van der Waals surface area contributed by atoms with Gasteiger partial charge in [-0.05, 0) is 61.4 Å². The highest BCUT2D eigenvalue weighted by molar-refractivity contribution is 6.09. The van der Waals surface area contributed by atoms with E-state index in [1.807, 2.05) is 18.2 Å². The van der Waals surface area contributed by atoms with Crippen LogP contribution < -0.4 is 15.2 Å². The summed E-state index contributed by atoms with van der Waals surface area (Å²) in [6.07, 6.45) is 5.58. The molecule has 4 aromatic rings. The molecular weight excluding hydrogens is 474 g/mol. The molecule has 2 aliphatic rings. The zero-order valence-corrected chi connectivity index (χ0v) is 20.1. The summed E-state index contributed by atoms with van der Waals surface area (Å²) in [5.41, 5.74) is 3.88. The fourth-order valence-corrected chi connectivity index (χ4v) is 4.82. The molecule has 0 unspecified atom stereocenters. The summed E-state index contributed by atoms with van der Waals surface area (Å²) in [6.45, 7) is 2.93. The molecule has 1 amide bonds. The Morgan fingerprint density at radius 3 is 2.62 bits per heavy atom. The molecule has 0 saturated heterocycles.